The van der Waals surface area contributed by atoms with Crippen LogP contribution < -0.4 is 10.1 Å². The van der Waals surface area contributed by atoms with Crippen molar-refractivity contribution >= 4 is 5.97 Å². The van der Waals surface area contributed by atoms with E-state index in [1.165, 1.54) is 12.0 Å². The summed E-state index contributed by atoms with van der Waals surface area (Å²) < 4.78 is 5.54. The Bertz CT molecular complexity index is 722. The first-order valence-corrected chi connectivity index (χ1v) is 8.31. The van der Waals surface area contributed by atoms with Gasteiger partial charge in [0.1, 0.15) is 5.75 Å². The molecule has 126 valence electrons. The average Bonchev–Trinajstić information content (AvgIpc) is 2.57. The lowest BCUT2D eigenvalue weighted by Gasteiger charge is -2.43. The van der Waals surface area contributed by atoms with Crippen molar-refractivity contribution in [3.05, 3.63) is 65.2 Å². The quantitative estimate of drug-likeness (QED) is 0.816. The van der Waals surface area contributed by atoms with E-state index in [0.717, 1.165) is 30.7 Å². The standard InChI is InChI=1S/C20H23NO3/c1-24-18-9-3-2-8-17(18)20(10-5-11-20)14-21-13-15-6-4-7-16(12-15)19(22)23/h2-4,6-9,12,21H,5,10-11,13-14H2,1H3,(H,22,23). The molecule has 0 bridgehead atoms. The normalized spacial score (nSPS) is 15.5. The largest absolute Gasteiger partial charge is 0.496 e. The fraction of sp³-hybridized carbons (Fsp3) is 0.350. The van der Waals surface area contributed by atoms with Crippen LogP contribution in [0.1, 0.15) is 40.7 Å². The summed E-state index contributed by atoms with van der Waals surface area (Å²) in [7, 11) is 1.72. The van der Waals surface area contributed by atoms with E-state index in [-0.39, 0.29) is 5.41 Å². The maximum Gasteiger partial charge on any atom is 0.335 e. The van der Waals surface area contributed by atoms with Crippen molar-refractivity contribution in [3.63, 3.8) is 0 Å². The molecular weight excluding hydrogens is 302 g/mol. The number of nitrogens with one attached hydrogen (secondary N) is 1. The predicted molar refractivity (Wildman–Crippen MR) is 93.6 cm³/mol. The van der Waals surface area contributed by atoms with E-state index in [4.69, 9.17) is 9.84 Å². The van der Waals surface area contributed by atoms with Gasteiger partial charge in [0.25, 0.3) is 0 Å². The molecule has 0 unspecified atom stereocenters. The van der Waals surface area contributed by atoms with Crippen LogP contribution in [0.5, 0.6) is 5.75 Å². The summed E-state index contributed by atoms with van der Waals surface area (Å²) in [5.41, 5.74) is 2.71. The van der Waals surface area contributed by atoms with E-state index < -0.39 is 5.97 Å². The lowest BCUT2D eigenvalue weighted by atomic mass is 9.64. The van der Waals surface area contributed by atoms with E-state index in [2.05, 4.69) is 17.4 Å². The Morgan fingerprint density at radius 3 is 2.67 bits per heavy atom. The third kappa shape index (κ3) is 3.29. The van der Waals surface area contributed by atoms with Crippen molar-refractivity contribution in [1.82, 2.24) is 5.32 Å². The third-order valence-corrected chi connectivity index (χ3v) is 4.96. The Morgan fingerprint density at radius 1 is 1.21 bits per heavy atom. The summed E-state index contributed by atoms with van der Waals surface area (Å²) in [6.45, 7) is 1.53. The van der Waals surface area contributed by atoms with Crippen molar-refractivity contribution in [2.45, 2.75) is 31.2 Å². The van der Waals surface area contributed by atoms with E-state index >= 15 is 0 Å². The molecule has 3 rings (SSSR count). The smallest absolute Gasteiger partial charge is 0.335 e. The SMILES string of the molecule is COc1ccccc1C1(CNCc2cccc(C(=O)O)c2)CCC1. The van der Waals surface area contributed by atoms with E-state index in [1.54, 1.807) is 25.3 Å². The molecule has 0 spiro atoms. The fourth-order valence-electron chi connectivity index (χ4n) is 3.49. The molecule has 1 aliphatic carbocycles. The molecule has 0 amide bonds. The maximum atomic E-state index is 11.1. The topological polar surface area (TPSA) is 58.6 Å². The van der Waals surface area contributed by atoms with E-state index in [9.17, 15) is 4.79 Å². The highest BCUT2D eigenvalue weighted by atomic mass is 16.5. The molecule has 4 nitrogen and oxygen atoms in total. The monoisotopic (exact) mass is 325 g/mol. The second-order valence-electron chi connectivity index (χ2n) is 6.44. The number of carbonyl (C=O) groups is 1. The third-order valence-electron chi connectivity index (χ3n) is 4.96. The summed E-state index contributed by atoms with van der Waals surface area (Å²) in [6.07, 6.45) is 3.53. The van der Waals surface area contributed by atoms with Crippen molar-refractivity contribution in [3.8, 4) is 5.75 Å². The molecule has 2 aromatic carbocycles. The van der Waals surface area contributed by atoms with Gasteiger partial charge in [0.15, 0.2) is 0 Å². The second kappa shape index (κ2) is 7.05. The van der Waals surface area contributed by atoms with E-state index in [0.29, 0.717) is 12.1 Å². The Labute approximate surface area is 142 Å². The van der Waals surface area contributed by atoms with Gasteiger partial charge in [0, 0.05) is 24.1 Å². The van der Waals surface area contributed by atoms with Gasteiger partial charge < -0.3 is 15.2 Å². The molecule has 0 radical (unpaired) electrons. The van der Waals surface area contributed by atoms with Crippen LogP contribution >= 0.6 is 0 Å². The van der Waals surface area contributed by atoms with Crippen LogP contribution in [0.2, 0.25) is 0 Å². The van der Waals surface area contributed by atoms with Crippen molar-refractivity contribution in [2.75, 3.05) is 13.7 Å². The zero-order chi connectivity index (χ0) is 17.0. The molecule has 0 aromatic heterocycles. The number of hydrogen-bond acceptors (Lipinski definition) is 3. The maximum absolute atomic E-state index is 11.1. The van der Waals surface area contributed by atoms with Crippen LogP contribution in [0.25, 0.3) is 0 Å². The van der Waals surface area contributed by atoms with Crippen molar-refractivity contribution in [1.29, 1.82) is 0 Å². The van der Waals surface area contributed by atoms with Gasteiger partial charge in [-0.1, -0.05) is 36.8 Å². The predicted octanol–water partition coefficient (Wildman–Crippen LogP) is 3.60. The molecule has 1 aliphatic rings. The number of carboxylic acids is 1. The Balaban J connectivity index is 1.68. The van der Waals surface area contributed by atoms with Crippen LogP contribution in [-0.4, -0.2) is 24.7 Å². The fourth-order valence-corrected chi connectivity index (χ4v) is 3.49. The molecule has 0 atom stereocenters. The number of rotatable bonds is 7. The number of benzene rings is 2. The van der Waals surface area contributed by atoms with Crippen LogP contribution in [0, 0.1) is 0 Å². The summed E-state index contributed by atoms with van der Waals surface area (Å²) in [5, 5.41) is 12.6. The summed E-state index contributed by atoms with van der Waals surface area (Å²) in [6, 6.07) is 15.3. The molecule has 4 heteroatoms. The average molecular weight is 325 g/mol. The molecule has 0 heterocycles. The summed E-state index contributed by atoms with van der Waals surface area (Å²) in [5.74, 6) is 0.0632. The Hall–Kier alpha value is -2.33. The summed E-state index contributed by atoms with van der Waals surface area (Å²) >= 11 is 0. The van der Waals surface area contributed by atoms with Crippen LogP contribution in [-0.2, 0) is 12.0 Å². The first-order chi connectivity index (χ1) is 11.6. The zero-order valence-corrected chi connectivity index (χ0v) is 13.9. The highest BCUT2D eigenvalue weighted by Crippen LogP contribution is 2.46. The number of ether oxygens (including phenoxy) is 1. The van der Waals surface area contributed by atoms with Gasteiger partial charge in [-0.05, 0) is 36.6 Å². The molecular formula is C20H23NO3. The Kier molecular flexibility index (Phi) is 4.86. The number of methoxy groups -OCH3 is 1. The molecule has 1 fully saturated rings. The molecule has 24 heavy (non-hydrogen) atoms. The van der Waals surface area contributed by atoms with Crippen LogP contribution in [0.4, 0.5) is 0 Å². The molecule has 2 aromatic rings. The molecule has 0 saturated heterocycles. The minimum absolute atomic E-state index is 0.122. The van der Waals surface area contributed by atoms with Gasteiger partial charge in [-0.25, -0.2) is 4.79 Å². The summed E-state index contributed by atoms with van der Waals surface area (Å²) in [4.78, 5) is 11.1. The molecule has 1 saturated carbocycles. The lowest BCUT2D eigenvalue weighted by Crippen LogP contribution is -2.43. The molecule has 2 N–H and O–H groups in total. The van der Waals surface area contributed by atoms with Gasteiger partial charge in [-0.15, -0.1) is 0 Å². The van der Waals surface area contributed by atoms with Crippen molar-refractivity contribution in [2.24, 2.45) is 0 Å². The minimum Gasteiger partial charge on any atom is -0.496 e. The first-order valence-electron chi connectivity index (χ1n) is 8.31. The molecule has 0 aliphatic heterocycles. The number of hydrogen-bond donors (Lipinski definition) is 2. The lowest BCUT2D eigenvalue weighted by molar-refractivity contribution is 0.0696. The minimum atomic E-state index is -0.888. The number of aromatic carboxylic acids is 1. The Morgan fingerprint density at radius 2 is 2.00 bits per heavy atom. The van der Waals surface area contributed by atoms with Crippen LogP contribution in [0.15, 0.2) is 48.5 Å². The number of carboxylic acid groups (broad SMARTS) is 1. The van der Waals surface area contributed by atoms with Crippen LogP contribution in [0.3, 0.4) is 0 Å². The van der Waals surface area contributed by atoms with Gasteiger partial charge in [0.05, 0.1) is 12.7 Å². The van der Waals surface area contributed by atoms with E-state index in [1.807, 2.05) is 18.2 Å². The second-order valence-corrected chi connectivity index (χ2v) is 6.44. The highest BCUT2D eigenvalue weighted by Gasteiger charge is 2.40. The highest BCUT2D eigenvalue weighted by molar-refractivity contribution is 5.87. The van der Waals surface area contributed by atoms with Gasteiger partial charge in [0.2, 0.25) is 0 Å². The van der Waals surface area contributed by atoms with Gasteiger partial charge in [-0.3, -0.25) is 0 Å². The zero-order valence-electron chi connectivity index (χ0n) is 13.9. The van der Waals surface area contributed by atoms with Crippen molar-refractivity contribution < 1.29 is 14.6 Å². The van der Waals surface area contributed by atoms with Gasteiger partial charge >= 0.3 is 5.97 Å². The van der Waals surface area contributed by atoms with Gasteiger partial charge in [-0.2, -0.15) is 0 Å². The first kappa shape index (κ1) is 16.5. The number of para-hydroxylation sites is 1.